The van der Waals surface area contributed by atoms with Crippen molar-refractivity contribution < 1.29 is 0 Å². The molecule has 0 aliphatic carbocycles. The monoisotopic (exact) mass is 256 g/mol. The third-order valence-electron chi connectivity index (χ3n) is 3.28. The van der Waals surface area contributed by atoms with Crippen LogP contribution in [0.15, 0.2) is 18.5 Å². The molecule has 3 heterocycles. The van der Waals surface area contributed by atoms with Gasteiger partial charge in [0.25, 0.3) is 0 Å². The lowest BCUT2D eigenvalue weighted by atomic mass is 10.2. The Kier molecular flexibility index (Phi) is 2.70. The van der Waals surface area contributed by atoms with Gasteiger partial charge in [-0.3, -0.25) is 9.78 Å². The van der Waals surface area contributed by atoms with Gasteiger partial charge in [-0.15, -0.1) is 0 Å². The number of aromatic nitrogens is 5. The summed E-state index contributed by atoms with van der Waals surface area (Å²) in [5, 5.41) is 15.7. The largest absolute Gasteiger partial charge is 0.380 e. The zero-order valence-corrected chi connectivity index (χ0v) is 11.2. The second kappa shape index (κ2) is 4.38. The first-order chi connectivity index (χ1) is 9.15. The highest BCUT2D eigenvalue weighted by Gasteiger charge is 2.07. The number of rotatable bonds is 3. The minimum absolute atomic E-state index is 0.731. The minimum Gasteiger partial charge on any atom is -0.380 e. The highest BCUT2D eigenvalue weighted by molar-refractivity contribution is 5.81. The van der Waals surface area contributed by atoms with Crippen molar-refractivity contribution in [2.24, 2.45) is 7.05 Å². The van der Waals surface area contributed by atoms with E-state index in [1.165, 1.54) is 0 Å². The Morgan fingerprint density at radius 3 is 2.89 bits per heavy atom. The molecule has 3 aromatic rings. The second-order valence-electron chi connectivity index (χ2n) is 4.68. The van der Waals surface area contributed by atoms with E-state index in [1.54, 1.807) is 4.68 Å². The van der Waals surface area contributed by atoms with E-state index < -0.39 is 0 Å². The number of anilines is 1. The quantitative estimate of drug-likeness (QED) is 0.751. The zero-order chi connectivity index (χ0) is 13.4. The first-order valence-corrected chi connectivity index (χ1v) is 6.17. The summed E-state index contributed by atoms with van der Waals surface area (Å²) in [6.07, 6.45) is 3.67. The van der Waals surface area contributed by atoms with Crippen molar-refractivity contribution in [3.05, 3.63) is 35.4 Å². The molecule has 0 aromatic carbocycles. The van der Waals surface area contributed by atoms with E-state index in [0.29, 0.717) is 0 Å². The zero-order valence-electron chi connectivity index (χ0n) is 11.2. The van der Waals surface area contributed by atoms with Crippen LogP contribution in [-0.2, 0) is 13.6 Å². The van der Waals surface area contributed by atoms with E-state index in [1.807, 2.05) is 33.3 Å². The lowest BCUT2D eigenvalue weighted by Crippen LogP contribution is -2.00. The molecule has 0 fully saturated rings. The summed E-state index contributed by atoms with van der Waals surface area (Å²) < 4.78 is 1.80. The van der Waals surface area contributed by atoms with Crippen LogP contribution in [0.1, 0.15) is 17.0 Å². The van der Waals surface area contributed by atoms with Gasteiger partial charge in [0.1, 0.15) is 0 Å². The Bertz CT molecular complexity index is 724. The molecule has 0 unspecified atom stereocenters. The van der Waals surface area contributed by atoms with Crippen LogP contribution in [-0.4, -0.2) is 25.0 Å². The minimum atomic E-state index is 0.731. The molecule has 3 rings (SSSR count). The molecule has 19 heavy (non-hydrogen) atoms. The third-order valence-corrected chi connectivity index (χ3v) is 3.28. The molecule has 98 valence electrons. The molecule has 0 radical (unpaired) electrons. The van der Waals surface area contributed by atoms with Gasteiger partial charge in [0.05, 0.1) is 23.8 Å². The predicted octanol–water partition coefficient (Wildman–Crippen LogP) is 1.92. The summed E-state index contributed by atoms with van der Waals surface area (Å²) in [7, 11) is 1.91. The molecule has 6 nitrogen and oxygen atoms in total. The summed E-state index contributed by atoms with van der Waals surface area (Å²) in [5.41, 5.74) is 5.13. The van der Waals surface area contributed by atoms with Gasteiger partial charge in [-0.05, 0) is 19.9 Å². The van der Waals surface area contributed by atoms with Crippen molar-refractivity contribution in [3.8, 4) is 0 Å². The molecule has 0 amide bonds. The van der Waals surface area contributed by atoms with E-state index in [9.17, 15) is 0 Å². The second-order valence-corrected chi connectivity index (χ2v) is 4.68. The van der Waals surface area contributed by atoms with Crippen molar-refractivity contribution in [1.29, 1.82) is 0 Å². The summed E-state index contributed by atoms with van der Waals surface area (Å²) in [5.74, 6) is 0. The SMILES string of the molecule is Cc1[nH]ncc1CNc1cnc2c(c1)c(C)nn2C. The molecular weight excluding hydrogens is 240 g/mol. The first-order valence-electron chi connectivity index (χ1n) is 6.17. The lowest BCUT2D eigenvalue weighted by molar-refractivity contribution is 0.774. The highest BCUT2D eigenvalue weighted by Crippen LogP contribution is 2.19. The maximum Gasteiger partial charge on any atom is 0.157 e. The van der Waals surface area contributed by atoms with Gasteiger partial charge in [-0.1, -0.05) is 0 Å². The van der Waals surface area contributed by atoms with Gasteiger partial charge in [0.15, 0.2) is 5.65 Å². The average molecular weight is 256 g/mol. The number of H-pyrrole nitrogens is 1. The molecule has 0 saturated heterocycles. The van der Waals surface area contributed by atoms with Crippen molar-refractivity contribution in [2.45, 2.75) is 20.4 Å². The number of hydrogen-bond acceptors (Lipinski definition) is 4. The van der Waals surface area contributed by atoms with Crippen LogP contribution in [0.25, 0.3) is 11.0 Å². The molecule has 0 aliphatic heterocycles. The van der Waals surface area contributed by atoms with Crippen molar-refractivity contribution >= 4 is 16.7 Å². The van der Waals surface area contributed by atoms with Crippen LogP contribution in [0.5, 0.6) is 0 Å². The number of aromatic amines is 1. The fraction of sp³-hybridized carbons (Fsp3) is 0.308. The Balaban J connectivity index is 1.86. The highest BCUT2D eigenvalue weighted by atomic mass is 15.3. The average Bonchev–Trinajstić information content (AvgIpc) is 2.92. The Labute approximate surface area is 110 Å². The van der Waals surface area contributed by atoms with E-state index >= 15 is 0 Å². The summed E-state index contributed by atoms with van der Waals surface area (Å²) in [6, 6.07) is 2.08. The lowest BCUT2D eigenvalue weighted by Gasteiger charge is -2.05. The molecule has 0 bridgehead atoms. The van der Waals surface area contributed by atoms with E-state index in [4.69, 9.17) is 0 Å². The first kappa shape index (κ1) is 11.7. The van der Waals surface area contributed by atoms with Crippen LogP contribution in [0.2, 0.25) is 0 Å². The molecular formula is C13H16N6. The molecule has 0 saturated carbocycles. The van der Waals surface area contributed by atoms with Gasteiger partial charge < -0.3 is 5.32 Å². The number of nitrogens with zero attached hydrogens (tertiary/aromatic N) is 4. The molecule has 6 heteroatoms. The molecule has 3 aromatic heterocycles. The topological polar surface area (TPSA) is 71.4 Å². The summed E-state index contributed by atoms with van der Waals surface area (Å²) in [4.78, 5) is 4.44. The van der Waals surface area contributed by atoms with Gasteiger partial charge in [0.2, 0.25) is 0 Å². The number of pyridine rings is 1. The fourth-order valence-corrected chi connectivity index (χ4v) is 2.16. The van der Waals surface area contributed by atoms with Gasteiger partial charge in [0, 0.05) is 30.2 Å². The number of fused-ring (bicyclic) bond motifs is 1. The smallest absolute Gasteiger partial charge is 0.157 e. The van der Waals surface area contributed by atoms with Crippen molar-refractivity contribution in [1.82, 2.24) is 25.0 Å². The van der Waals surface area contributed by atoms with Crippen molar-refractivity contribution in [2.75, 3.05) is 5.32 Å². The van der Waals surface area contributed by atoms with Crippen molar-refractivity contribution in [3.63, 3.8) is 0 Å². The van der Waals surface area contributed by atoms with Crippen LogP contribution in [0.3, 0.4) is 0 Å². The van der Waals surface area contributed by atoms with Gasteiger partial charge in [-0.2, -0.15) is 10.2 Å². The fourth-order valence-electron chi connectivity index (χ4n) is 2.16. The van der Waals surface area contributed by atoms with E-state index in [2.05, 4.69) is 31.7 Å². The van der Waals surface area contributed by atoms with Gasteiger partial charge >= 0.3 is 0 Å². The normalized spacial score (nSPS) is 11.1. The van der Waals surface area contributed by atoms with Crippen LogP contribution < -0.4 is 5.32 Å². The van der Waals surface area contributed by atoms with E-state index in [0.717, 1.165) is 40.2 Å². The molecule has 0 spiro atoms. The van der Waals surface area contributed by atoms with Crippen LogP contribution >= 0.6 is 0 Å². The summed E-state index contributed by atoms with van der Waals surface area (Å²) in [6.45, 7) is 4.74. The predicted molar refractivity (Wildman–Crippen MR) is 73.9 cm³/mol. The van der Waals surface area contributed by atoms with Crippen LogP contribution in [0.4, 0.5) is 5.69 Å². The number of aryl methyl sites for hydroxylation is 3. The van der Waals surface area contributed by atoms with Gasteiger partial charge in [-0.25, -0.2) is 4.98 Å². The summed E-state index contributed by atoms with van der Waals surface area (Å²) >= 11 is 0. The molecule has 2 N–H and O–H groups in total. The third kappa shape index (κ3) is 2.05. The molecule has 0 atom stereocenters. The van der Waals surface area contributed by atoms with Crippen LogP contribution in [0, 0.1) is 13.8 Å². The number of nitrogens with one attached hydrogen (secondary N) is 2. The molecule has 0 aliphatic rings. The Morgan fingerprint density at radius 2 is 2.16 bits per heavy atom. The van der Waals surface area contributed by atoms with E-state index in [-0.39, 0.29) is 0 Å². The maximum atomic E-state index is 4.44. The Morgan fingerprint density at radius 1 is 1.32 bits per heavy atom. The number of hydrogen-bond donors (Lipinski definition) is 2. The standard InChI is InChI=1S/C13H16N6/c1-8-10(6-16-17-8)5-14-11-4-12-9(2)18-19(3)13(12)15-7-11/h4,6-7,14H,5H2,1-3H3,(H,16,17). The Hall–Kier alpha value is -2.37. The maximum absolute atomic E-state index is 4.44.